The van der Waals surface area contributed by atoms with Crippen LogP contribution in [0.3, 0.4) is 0 Å². The van der Waals surface area contributed by atoms with Crippen LogP contribution in [0.4, 0.5) is 5.69 Å². The van der Waals surface area contributed by atoms with Crippen LogP contribution < -0.4 is 10.6 Å². The molecule has 1 amide bonds. The van der Waals surface area contributed by atoms with Crippen LogP contribution in [0, 0.1) is 5.92 Å². The summed E-state index contributed by atoms with van der Waals surface area (Å²) in [4.78, 5) is 12.2. The quantitative estimate of drug-likeness (QED) is 0.854. The van der Waals surface area contributed by atoms with E-state index >= 15 is 0 Å². The minimum absolute atomic E-state index is 0.0421. The Hall–Kier alpha value is -2.28. The summed E-state index contributed by atoms with van der Waals surface area (Å²) in [5.74, 6) is 0.103. The molecule has 7 nitrogen and oxygen atoms in total. The van der Waals surface area contributed by atoms with Gasteiger partial charge < -0.3 is 10.6 Å². The van der Waals surface area contributed by atoms with Gasteiger partial charge in [0.15, 0.2) is 0 Å². The lowest BCUT2D eigenvalue weighted by Crippen LogP contribution is -2.37. The summed E-state index contributed by atoms with van der Waals surface area (Å²) in [6.45, 7) is 1.75. The van der Waals surface area contributed by atoms with Crippen molar-refractivity contribution in [2.45, 2.75) is 12.8 Å². The Morgan fingerprint density at radius 2 is 2.40 bits per heavy atom. The van der Waals surface area contributed by atoms with E-state index in [0.717, 1.165) is 37.3 Å². The summed E-state index contributed by atoms with van der Waals surface area (Å²) in [6.07, 6.45) is 3.50. The number of nitrogens with zero attached hydrogens (tertiary/aromatic N) is 4. The number of tetrazole rings is 1. The number of hydrogen-bond acceptors (Lipinski definition) is 5. The summed E-state index contributed by atoms with van der Waals surface area (Å²) in [6, 6.07) is 7.46. The second-order valence-electron chi connectivity index (χ2n) is 4.84. The van der Waals surface area contributed by atoms with Crippen molar-refractivity contribution < 1.29 is 4.79 Å². The minimum Gasteiger partial charge on any atom is -0.326 e. The van der Waals surface area contributed by atoms with Crippen LogP contribution in [-0.2, 0) is 4.79 Å². The SMILES string of the molecule is O=C(Nc1cccc(-n2cnnn2)c1)[C@@H]1CCCNC1. The Morgan fingerprint density at radius 1 is 1.45 bits per heavy atom. The molecular weight excluding hydrogens is 256 g/mol. The van der Waals surface area contributed by atoms with E-state index in [2.05, 4.69) is 26.2 Å². The molecule has 0 aliphatic carbocycles. The first kappa shape index (κ1) is 12.7. The van der Waals surface area contributed by atoms with Crippen molar-refractivity contribution in [3.8, 4) is 5.69 Å². The molecule has 0 unspecified atom stereocenters. The van der Waals surface area contributed by atoms with Crippen molar-refractivity contribution in [3.05, 3.63) is 30.6 Å². The predicted molar refractivity (Wildman–Crippen MR) is 73.4 cm³/mol. The molecule has 3 rings (SSSR count). The van der Waals surface area contributed by atoms with Crippen LogP contribution in [0.1, 0.15) is 12.8 Å². The number of carbonyl (C=O) groups excluding carboxylic acids is 1. The third-order valence-electron chi connectivity index (χ3n) is 3.39. The van der Waals surface area contributed by atoms with Crippen LogP contribution in [0.5, 0.6) is 0 Å². The number of rotatable bonds is 3. The van der Waals surface area contributed by atoms with Crippen molar-refractivity contribution in [2.75, 3.05) is 18.4 Å². The number of piperidine rings is 1. The van der Waals surface area contributed by atoms with Crippen LogP contribution in [0.2, 0.25) is 0 Å². The topological polar surface area (TPSA) is 84.7 Å². The lowest BCUT2D eigenvalue weighted by Gasteiger charge is -2.21. The van der Waals surface area contributed by atoms with Gasteiger partial charge in [-0.25, -0.2) is 4.68 Å². The normalized spacial score (nSPS) is 18.7. The minimum atomic E-state index is 0.0421. The van der Waals surface area contributed by atoms with Gasteiger partial charge in [-0.3, -0.25) is 4.79 Å². The molecule has 1 aromatic heterocycles. The molecule has 1 saturated heterocycles. The molecule has 1 aliphatic heterocycles. The Bertz CT molecular complexity index is 576. The fourth-order valence-electron chi connectivity index (χ4n) is 2.33. The summed E-state index contributed by atoms with van der Waals surface area (Å²) < 4.78 is 1.55. The van der Waals surface area contributed by atoms with Crippen molar-refractivity contribution in [1.29, 1.82) is 0 Å². The second kappa shape index (κ2) is 5.79. The summed E-state index contributed by atoms with van der Waals surface area (Å²) >= 11 is 0. The van der Waals surface area contributed by atoms with Gasteiger partial charge in [-0.15, -0.1) is 5.10 Å². The van der Waals surface area contributed by atoms with E-state index in [1.54, 1.807) is 4.68 Å². The Kier molecular flexibility index (Phi) is 3.69. The zero-order chi connectivity index (χ0) is 13.8. The molecule has 1 aromatic carbocycles. The highest BCUT2D eigenvalue weighted by Gasteiger charge is 2.20. The fraction of sp³-hybridized carbons (Fsp3) is 0.385. The third kappa shape index (κ3) is 2.83. The summed E-state index contributed by atoms with van der Waals surface area (Å²) in [5, 5.41) is 17.2. The van der Waals surface area contributed by atoms with Gasteiger partial charge in [-0.1, -0.05) is 6.07 Å². The van der Waals surface area contributed by atoms with Gasteiger partial charge in [-0.2, -0.15) is 0 Å². The second-order valence-corrected chi connectivity index (χ2v) is 4.84. The van der Waals surface area contributed by atoms with E-state index in [4.69, 9.17) is 0 Å². The number of aromatic nitrogens is 4. The molecule has 0 saturated carbocycles. The molecule has 2 aromatic rings. The van der Waals surface area contributed by atoms with Crippen LogP contribution in [0.15, 0.2) is 30.6 Å². The van der Waals surface area contributed by atoms with Gasteiger partial charge in [0, 0.05) is 12.2 Å². The van der Waals surface area contributed by atoms with E-state index in [-0.39, 0.29) is 11.8 Å². The number of amides is 1. The van der Waals surface area contributed by atoms with E-state index < -0.39 is 0 Å². The highest BCUT2D eigenvalue weighted by Crippen LogP contribution is 2.16. The molecule has 1 fully saturated rings. The van der Waals surface area contributed by atoms with Gasteiger partial charge in [0.2, 0.25) is 5.91 Å². The summed E-state index contributed by atoms with van der Waals surface area (Å²) in [5.41, 5.74) is 1.57. The molecule has 7 heteroatoms. The molecule has 0 bridgehead atoms. The Morgan fingerprint density at radius 3 is 3.15 bits per heavy atom. The average Bonchev–Trinajstić information content (AvgIpc) is 3.03. The first-order chi connectivity index (χ1) is 9.83. The monoisotopic (exact) mass is 272 g/mol. The van der Waals surface area contributed by atoms with E-state index in [9.17, 15) is 4.79 Å². The van der Waals surface area contributed by atoms with Crippen LogP contribution >= 0.6 is 0 Å². The standard InChI is InChI=1S/C13H16N6O/c20-13(10-3-2-6-14-8-10)16-11-4-1-5-12(7-11)19-9-15-17-18-19/h1,4-5,7,9-10,14H,2-3,6,8H2,(H,16,20)/t10-/m1/s1. The lowest BCUT2D eigenvalue weighted by atomic mass is 9.99. The molecular formula is C13H16N6O. The maximum absolute atomic E-state index is 12.2. The van der Waals surface area contributed by atoms with Crippen molar-refractivity contribution in [2.24, 2.45) is 5.92 Å². The van der Waals surface area contributed by atoms with Crippen molar-refractivity contribution >= 4 is 11.6 Å². The van der Waals surface area contributed by atoms with Gasteiger partial charge in [-0.05, 0) is 48.0 Å². The highest BCUT2D eigenvalue weighted by molar-refractivity contribution is 5.93. The largest absolute Gasteiger partial charge is 0.326 e. The number of carbonyl (C=O) groups is 1. The molecule has 2 heterocycles. The maximum Gasteiger partial charge on any atom is 0.228 e. The molecule has 0 radical (unpaired) electrons. The highest BCUT2D eigenvalue weighted by atomic mass is 16.1. The number of benzene rings is 1. The lowest BCUT2D eigenvalue weighted by molar-refractivity contribution is -0.120. The predicted octanol–water partition coefficient (Wildman–Crippen LogP) is 0.600. The van der Waals surface area contributed by atoms with Gasteiger partial charge >= 0.3 is 0 Å². The first-order valence-electron chi connectivity index (χ1n) is 6.68. The summed E-state index contributed by atoms with van der Waals surface area (Å²) in [7, 11) is 0. The maximum atomic E-state index is 12.2. The molecule has 2 N–H and O–H groups in total. The molecule has 20 heavy (non-hydrogen) atoms. The number of anilines is 1. The van der Waals surface area contributed by atoms with Gasteiger partial charge in [0.1, 0.15) is 6.33 Å². The smallest absolute Gasteiger partial charge is 0.228 e. The fourth-order valence-corrected chi connectivity index (χ4v) is 2.33. The first-order valence-corrected chi connectivity index (χ1v) is 6.68. The van der Waals surface area contributed by atoms with Crippen molar-refractivity contribution in [3.63, 3.8) is 0 Å². The zero-order valence-corrected chi connectivity index (χ0v) is 11.0. The van der Waals surface area contributed by atoms with Gasteiger partial charge in [0.05, 0.1) is 11.6 Å². The molecule has 104 valence electrons. The Balaban J connectivity index is 1.71. The van der Waals surface area contributed by atoms with E-state index in [1.165, 1.54) is 6.33 Å². The molecule has 1 aliphatic rings. The number of hydrogen-bond donors (Lipinski definition) is 2. The van der Waals surface area contributed by atoms with E-state index in [1.807, 2.05) is 24.3 Å². The van der Waals surface area contributed by atoms with Crippen LogP contribution in [0.25, 0.3) is 5.69 Å². The van der Waals surface area contributed by atoms with Crippen molar-refractivity contribution in [1.82, 2.24) is 25.5 Å². The third-order valence-corrected chi connectivity index (χ3v) is 3.39. The zero-order valence-electron chi connectivity index (χ0n) is 11.0. The van der Waals surface area contributed by atoms with Crippen LogP contribution in [-0.4, -0.2) is 39.2 Å². The average molecular weight is 272 g/mol. The molecule has 1 atom stereocenters. The number of nitrogens with one attached hydrogen (secondary N) is 2. The molecule has 0 spiro atoms. The Labute approximate surface area is 116 Å². The van der Waals surface area contributed by atoms with E-state index in [0.29, 0.717) is 0 Å². The van der Waals surface area contributed by atoms with Gasteiger partial charge in [0.25, 0.3) is 0 Å².